The highest BCUT2D eigenvalue weighted by Gasteiger charge is 2.01. The first kappa shape index (κ1) is 7.88. The molecule has 0 saturated heterocycles. The summed E-state index contributed by atoms with van der Waals surface area (Å²) in [5, 5.41) is 1.88. The van der Waals surface area contributed by atoms with E-state index in [-0.39, 0.29) is 6.17 Å². The summed E-state index contributed by atoms with van der Waals surface area (Å²) < 4.78 is 0. The van der Waals surface area contributed by atoms with Crippen LogP contribution in [0.15, 0.2) is 0 Å². The maximum atomic E-state index is 5.59. The van der Waals surface area contributed by atoms with Crippen molar-refractivity contribution in [3.8, 4) is 0 Å². The second-order valence-electron chi connectivity index (χ2n) is 1.81. The molecule has 0 aromatic rings. The molecule has 50 valence electrons. The monoisotopic (exact) mass is 117 g/mol. The van der Waals surface area contributed by atoms with Crippen molar-refractivity contribution >= 4 is 0 Å². The molecule has 3 nitrogen and oxygen atoms in total. The molecule has 0 aliphatic heterocycles. The molecule has 3 N–H and O–H groups in total. The zero-order valence-corrected chi connectivity index (χ0v) is 5.81. The van der Waals surface area contributed by atoms with E-state index < -0.39 is 0 Å². The van der Waals surface area contributed by atoms with Crippen LogP contribution in [0.2, 0.25) is 0 Å². The fourth-order valence-electron chi connectivity index (χ4n) is 0.440. The van der Waals surface area contributed by atoms with Gasteiger partial charge in [0.05, 0.1) is 6.17 Å². The van der Waals surface area contributed by atoms with Gasteiger partial charge < -0.3 is 5.73 Å². The molecule has 0 heterocycles. The summed E-state index contributed by atoms with van der Waals surface area (Å²) >= 11 is 0. The molecule has 1 unspecified atom stereocenters. The van der Waals surface area contributed by atoms with Gasteiger partial charge in [-0.25, -0.2) is 5.01 Å². The molecule has 0 aliphatic rings. The van der Waals surface area contributed by atoms with Gasteiger partial charge in [0, 0.05) is 7.05 Å². The highest BCUT2D eigenvalue weighted by molar-refractivity contribution is 4.51. The number of nitrogens with zero attached hydrogens (tertiary/aromatic N) is 1. The zero-order chi connectivity index (χ0) is 6.57. The summed E-state index contributed by atoms with van der Waals surface area (Å²) in [5.41, 5.74) is 8.51. The van der Waals surface area contributed by atoms with Crippen molar-refractivity contribution in [2.75, 3.05) is 14.1 Å². The van der Waals surface area contributed by atoms with Gasteiger partial charge in [-0.1, -0.05) is 6.92 Å². The van der Waals surface area contributed by atoms with Gasteiger partial charge in [-0.05, 0) is 13.5 Å². The minimum absolute atomic E-state index is 0.139. The molecule has 0 rings (SSSR count). The third-order valence-electron chi connectivity index (χ3n) is 1.27. The lowest BCUT2D eigenvalue weighted by Gasteiger charge is -2.21. The predicted octanol–water partition coefficient (Wildman–Crippen LogP) is -0.253. The van der Waals surface area contributed by atoms with E-state index in [1.165, 1.54) is 0 Å². The first-order chi connectivity index (χ1) is 3.72. The van der Waals surface area contributed by atoms with E-state index in [2.05, 4.69) is 12.3 Å². The van der Waals surface area contributed by atoms with Gasteiger partial charge in [-0.15, -0.1) is 0 Å². The van der Waals surface area contributed by atoms with Crippen molar-refractivity contribution in [1.29, 1.82) is 0 Å². The molecule has 3 heteroatoms. The van der Waals surface area contributed by atoms with Crippen molar-refractivity contribution < 1.29 is 0 Å². The normalized spacial score (nSPS) is 14.6. The smallest absolute Gasteiger partial charge is 0.0701 e. The Morgan fingerprint density at radius 3 is 2.38 bits per heavy atom. The SMILES string of the molecule is CCC(N)N(C)NC. The van der Waals surface area contributed by atoms with E-state index in [0.717, 1.165) is 6.42 Å². The molecular weight excluding hydrogens is 102 g/mol. The number of rotatable bonds is 3. The Bertz CT molecular complexity index is 47.6. The number of nitrogens with two attached hydrogens (primary N) is 1. The van der Waals surface area contributed by atoms with Crippen molar-refractivity contribution in [2.45, 2.75) is 19.5 Å². The second-order valence-corrected chi connectivity index (χ2v) is 1.81. The van der Waals surface area contributed by atoms with Crippen LogP contribution in [0.3, 0.4) is 0 Å². The highest BCUT2D eigenvalue weighted by Crippen LogP contribution is 1.86. The first-order valence-corrected chi connectivity index (χ1v) is 2.88. The van der Waals surface area contributed by atoms with Crippen molar-refractivity contribution in [3.63, 3.8) is 0 Å². The largest absolute Gasteiger partial charge is 0.315 e. The van der Waals surface area contributed by atoms with Gasteiger partial charge in [0.2, 0.25) is 0 Å². The van der Waals surface area contributed by atoms with Crippen LogP contribution in [0, 0.1) is 0 Å². The maximum absolute atomic E-state index is 5.59. The molecule has 0 amide bonds. The van der Waals surface area contributed by atoms with E-state index in [9.17, 15) is 0 Å². The standard InChI is InChI=1S/C5H15N3/c1-4-5(6)8(3)7-2/h5,7H,4,6H2,1-3H3. The van der Waals surface area contributed by atoms with Gasteiger partial charge >= 0.3 is 0 Å². The van der Waals surface area contributed by atoms with Gasteiger partial charge in [0.25, 0.3) is 0 Å². The second kappa shape index (κ2) is 3.83. The summed E-state index contributed by atoms with van der Waals surface area (Å²) in [7, 11) is 3.78. The third-order valence-corrected chi connectivity index (χ3v) is 1.27. The Kier molecular flexibility index (Phi) is 3.77. The molecule has 0 aliphatic carbocycles. The van der Waals surface area contributed by atoms with Gasteiger partial charge in [-0.2, -0.15) is 0 Å². The molecule has 0 bridgehead atoms. The van der Waals surface area contributed by atoms with E-state index in [4.69, 9.17) is 5.73 Å². The Morgan fingerprint density at radius 1 is 1.75 bits per heavy atom. The molecule has 0 aromatic carbocycles. The van der Waals surface area contributed by atoms with Gasteiger partial charge in [0.1, 0.15) is 0 Å². The summed E-state index contributed by atoms with van der Waals surface area (Å²) in [5.74, 6) is 0. The van der Waals surface area contributed by atoms with Crippen LogP contribution in [0.4, 0.5) is 0 Å². The molecule has 0 aromatic heterocycles. The molecule has 1 atom stereocenters. The van der Waals surface area contributed by atoms with Crippen LogP contribution in [-0.2, 0) is 0 Å². The van der Waals surface area contributed by atoms with Gasteiger partial charge in [0.15, 0.2) is 0 Å². The van der Waals surface area contributed by atoms with Crippen LogP contribution in [0.5, 0.6) is 0 Å². The number of nitrogens with one attached hydrogen (secondary N) is 1. The Hall–Kier alpha value is -0.120. The Balaban J connectivity index is 3.29. The number of hydrogen-bond donors (Lipinski definition) is 2. The molecular formula is C5H15N3. The van der Waals surface area contributed by atoms with Crippen molar-refractivity contribution in [3.05, 3.63) is 0 Å². The van der Waals surface area contributed by atoms with Crippen LogP contribution in [0.25, 0.3) is 0 Å². The summed E-state index contributed by atoms with van der Waals surface area (Å²) in [6.07, 6.45) is 1.11. The minimum Gasteiger partial charge on any atom is -0.315 e. The van der Waals surface area contributed by atoms with Crippen LogP contribution < -0.4 is 11.2 Å². The van der Waals surface area contributed by atoms with Crippen LogP contribution >= 0.6 is 0 Å². The zero-order valence-electron chi connectivity index (χ0n) is 5.81. The van der Waals surface area contributed by atoms with E-state index in [1.807, 2.05) is 19.1 Å². The molecule has 8 heavy (non-hydrogen) atoms. The van der Waals surface area contributed by atoms with E-state index in [1.54, 1.807) is 0 Å². The quantitative estimate of drug-likeness (QED) is 0.395. The summed E-state index contributed by atoms with van der Waals surface area (Å²) in [6, 6.07) is 0. The van der Waals surface area contributed by atoms with Gasteiger partial charge in [-0.3, -0.25) is 5.43 Å². The third kappa shape index (κ3) is 2.26. The summed E-state index contributed by atoms with van der Waals surface area (Å²) in [6.45, 7) is 2.05. The van der Waals surface area contributed by atoms with Crippen molar-refractivity contribution in [1.82, 2.24) is 10.4 Å². The molecule has 0 radical (unpaired) electrons. The van der Waals surface area contributed by atoms with E-state index in [0.29, 0.717) is 0 Å². The predicted molar refractivity (Wildman–Crippen MR) is 35.1 cm³/mol. The lowest BCUT2D eigenvalue weighted by Crippen LogP contribution is -2.45. The Morgan fingerprint density at radius 2 is 2.25 bits per heavy atom. The molecule has 0 fully saturated rings. The van der Waals surface area contributed by atoms with Crippen LogP contribution in [-0.4, -0.2) is 25.3 Å². The number of hydrazine groups is 1. The topological polar surface area (TPSA) is 41.3 Å². The maximum Gasteiger partial charge on any atom is 0.0701 e. The average Bonchev–Trinajstić information content (AvgIpc) is 1.84. The average molecular weight is 117 g/mol. The highest BCUT2D eigenvalue weighted by atomic mass is 15.5. The Labute approximate surface area is 50.8 Å². The van der Waals surface area contributed by atoms with Crippen molar-refractivity contribution in [2.24, 2.45) is 5.73 Å². The minimum atomic E-state index is 0.139. The molecule has 0 spiro atoms. The first-order valence-electron chi connectivity index (χ1n) is 2.88. The lowest BCUT2D eigenvalue weighted by molar-refractivity contribution is 0.180. The van der Waals surface area contributed by atoms with Crippen LogP contribution in [0.1, 0.15) is 13.3 Å². The molecule has 0 saturated carbocycles. The summed E-state index contributed by atoms with van der Waals surface area (Å²) in [4.78, 5) is 0. The fraction of sp³-hybridized carbons (Fsp3) is 1.00. The fourth-order valence-corrected chi connectivity index (χ4v) is 0.440. The lowest BCUT2D eigenvalue weighted by atomic mass is 10.4. The number of hydrogen-bond acceptors (Lipinski definition) is 3. The van der Waals surface area contributed by atoms with E-state index >= 15 is 0 Å².